The summed E-state index contributed by atoms with van der Waals surface area (Å²) in [4.78, 5) is 12.2. The third-order valence-electron chi connectivity index (χ3n) is 3.61. The zero-order valence-electron chi connectivity index (χ0n) is 13.1. The molecule has 0 atom stereocenters. The molecule has 0 spiro atoms. The topological polar surface area (TPSA) is 62.5 Å². The van der Waals surface area contributed by atoms with Crippen LogP contribution in [0.4, 0.5) is 5.69 Å². The minimum absolute atomic E-state index is 0.147. The summed E-state index contributed by atoms with van der Waals surface area (Å²) in [5.74, 6) is 0.831. The maximum absolute atomic E-state index is 12.2. The van der Waals surface area contributed by atoms with Crippen LogP contribution in [-0.2, 0) is 17.8 Å². The van der Waals surface area contributed by atoms with Gasteiger partial charge in [0.1, 0.15) is 18.1 Å². The first-order valence-electron chi connectivity index (χ1n) is 7.59. The number of nitrogens with one attached hydrogen (secondary N) is 1. The zero-order chi connectivity index (χ0) is 17.8. The molecule has 3 aromatic rings. The van der Waals surface area contributed by atoms with E-state index in [0.29, 0.717) is 32.8 Å². The summed E-state index contributed by atoms with van der Waals surface area (Å²) in [7, 11) is 0. The minimum Gasteiger partial charge on any atom is -0.459 e. The summed E-state index contributed by atoms with van der Waals surface area (Å²) in [5, 5.41) is 13.1. The van der Waals surface area contributed by atoms with Crippen LogP contribution in [0.15, 0.2) is 59.0 Å². The van der Waals surface area contributed by atoms with Crippen LogP contribution in [-0.4, -0.2) is 11.0 Å². The van der Waals surface area contributed by atoms with E-state index in [9.17, 15) is 4.79 Å². The lowest BCUT2D eigenvalue weighted by molar-refractivity contribution is -0.115. The molecule has 0 saturated heterocycles. The van der Waals surface area contributed by atoms with Crippen LogP contribution >= 0.6 is 23.2 Å². The van der Waals surface area contributed by atoms with E-state index in [-0.39, 0.29) is 18.9 Å². The molecule has 25 heavy (non-hydrogen) atoms. The molecule has 4 nitrogen and oxygen atoms in total. The number of aliphatic hydroxyl groups excluding tert-OH is 1. The summed E-state index contributed by atoms with van der Waals surface area (Å²) >= 11 is 12.1. The number of benzene rings is 2. The highest BCUT2D eigenvalue weighted by molar-refractivity contribution is 6.33. The van der Waals surface area contributed by atoms with E-state index in [1.165, 1.54) is 0 Å². The fraction of sp³-hybridized carbons (Fsp3) is 0.105. The Morgan fingerprint density at radius 2 is 1.80 bits per heavy atom. The van der Waals surface area contributed by atoms with Crippen LogP contribution in [0.1, 0.15) is 11.3 Å². The smallest absolute Gasteiger partial charge is 0.228 e. The Kier molecular flexibility index (Phi) is 5.43. The van der Waals surface area contributed by atoms with E-state index < -0.39 is 0 Å². The van der Waals surface area contributed by atoms with Gasteiger partial charge < -0.3 is 14.8 Å². The van der Waals surface area contributed by atoms with E-state index in [2.05, 4.69) is 5.32 Å². The van der Waals surface area contributed by atoms with Crippen molar-refractivity contribution in [2.75, 3.05) is 5.32 Å². The van der Waals surface area contributed by atoms with E-state index in [1.807, 2.05) is 12.1 Å². The van der Waals surface area contributed by atoms with Gasteiger partial charge in [-0.05, 0) is 48.0 Å². The summed E-state index contributed by atoms with van der Waals surface area (Å²) in [5.41, 5.74) is 2.13. The Balaban J connectivity index is 1.75. The number of furan rings is 1. The number of aliphatic hydroxyl groups is 1. The van der Waals surface area contributed by atoms with Gasteiger partial charge in [0.15, 0.2) is 0 Å². The second kappa shape index (κ2) is 7.74. The van der Waals surface area contributed by atoms with Crippen LogP contribution in [0.5, 0.6) is 0 Å². The normalized spacial score (nSPS) is 10.7. The van der Waals surface area contributed by atoms with Crippen molar-refractivity contribution >= 4 is 34.8 Å². The largest absolute Gasteiger partial charge is 0.459 e. The van der Waals surface area contributed by atoms with Crippen molar-refractivity contribution < 1.29 is 14.3 Å². The molecule has 128 valence electrons. The highest BCUT2D eigenvalue weighted by Crippen LogP contribution is 2.32. The number of carbonyl (C=O) groups excluding carboxylic acids is 1. The van der Waals surface area contributed by atoms with Crippen LogP contribution < -0.4 is 5.32 Å². The van der Waals surface area contributed by atoms with Gasteiger partial charge in [0, 0.05) is 16.3 Å². The highest BCUT2D eigenvalue weighted by atomic mass is 35.5. The van der Waals surface area contributed by atoms with Gasteiger partial charge in [0.25, 0.3) is 0 Å². The van der Waals surface area contributed by atoms with Crippen molar-refractivity contribution in [1.29, 1.82) is 0 Å². The van der Waals surface area contributed by atoms with Crippen LogP contribution in [0.2, 0.25) is 10.0 Å². The standard InChI is InChI=1S/C19H15Cl2NO3/c20-13-3-1-12(2-4-13)9-19(24)22-14-5-7-17(21)16(10-14)18-8-6-15(11-23)25-18/h1-8,10,23H,9,11H2,(H,22,24). The minimum atomic E-state index is -0.185. The highest BCUT2D eigenvalue weighted by Gasteiger charge is 2.11. The van der Waals surface area contributed by atoms with Gasteiger partial charge in [-0.15, -0.1) is 0 Å². The molecule has 1 aromatic heterocycles. The number of halogens is 2. The van der Waals surface area contributed by atoms with Crippen molar-refractivity contribution in [3.63, 3.8) is 0 Å². The molecular weight excluding hydrogens is 361 g/mol. The van der Waals surface area contributed by atoms with Crippen molar-refractivity contribution in [3.05, 3.63) is 76.0 Å². The summed E-state index contributed by atoms with van der Waals surface area (Å²) in [6, 6.07) is 15.7. The van der Waals surface area contributed by atoms with Crippen LogP contribution in [0.25, 0.3) is 11.3 Å². The Morgan fingerprint density at radius 3 is 2.48 bits per heavy atom. The van der Waals surface area contributed by atoms with Crippen LogP contribution in [0, 0.1) is 0 Å². The molecule has 0 unspecified atom stereocenters. The molecule has 0 fully saturated rings. The molecule has 2 N–H and O–H groups in total. The third-order valence-corrected chi connectivity index (χ3v) is 4.19. The third kappa shape index (κ3) is 4.42. The van der Waals surface area contributed by atoms with Gasteiger partial charge in [-0.1, -0.05) is 35.3 Å². The van der Waals surface area contributed by atoms with E-state index in [1.54, 1.807) is 42.5 Å². The Hall–Kier alpha value is -2.27. The van der Waals surface area contributed by atoms with E-state index in [0.717, 1.165) is 5.56 Å². The molecule has 0 aliphatic carbocycles. The molecule has 0 aliphatic rings. The van der Waals surface area contributed by atoms with Gasteiger partial charge in [-0.3, -0.25) is 4.79 Å². The molecule has 0 radical (unpaired) electrons. The number of hydrogen-bond donors (Lipinski definition) is 2. The van der Waals surface area contributed by atoms with Crippen molar-refractivity contribution in [2.45, 2.75) is 13.0 Å². The average molecular weight is 376 g/mol. The van der Waals surface area contributed by atoms with Gasteiger partial charge in [-0.25, -0.2) is 0 Å². The summed E-state index contributed by atoms with van der Waals surface area (Å²) in [6.07, 6.45) is 0.241. The van der Waals surface area contributed by atoms with Crippen molar-refractivity contribution in [2.24, 2.45) is 0 Å². The molecule has 3 rings (SSSR count). The monoisotopic (exact) mass is 375 g/mol. The second-order valence-corrected chi connectivity index (χ2v) is 6.31. The Bertz CT molecular complexity index is 888. The Morgan fingerprint density at radius 1 is 1.04 bits per heavy atom. The number of amides is 1. The molecule has 1 amide bonds. The lowest BCUT2D eigenvalue weighted by Gasteiger charge is -2.08. The summed E-state index contributed by atoms with van der Waals surface area (Å²) < 4.78 is 5.51. The molecule has 0 bridgehead atoms. The zero-order valence-corrected chi connectivity index (χ0v) is 14.6. The maximum Gasteiger partial charge on any atom is 0.228 e. The van der Waals surface area contributed by atoms with Crippen molar-refractivity contribution in [1.82, 2.24) is 0 Å². The number of rotatable bonds is 5. The van der Waals surface area contributed by atoms with Crippen LogP contribution in [0.3, 0.4) is 0 Å². The number of carbonyl (C=O) groups is 1. The lowest BCUT2D eigenvalue weighted by atomic mass is 10.1. The summed E-state index contributed by atoms with van der Waals surface area (Å²) in [6.45, 7) is -0.185. The quantitative estimate of drug-likeness (QED) is 0.664. The molecule has 6 heteroatoms. The van der Waals surface area contributed by atoms with E-state index in [4.69, 9.17) is 32.7 Å². The number of anilines is 1. The average Bonchev–Trinajstić information content (AvgIpc) is 3.07. The number of hydrogen-bond acceptors (Lipinski definition) is 3. The first-order valence-corrected chi connectivity index (χ1v) is 8.34. The first kappa shape index (κ1) is 17.5. The van der Waals surface area contributed by atoms with Crippen molar-refractivity contribution in [3.8, 4) is 11.3 Å². The second-order valence-electron chi connectivity index (χ2n) is 5.47. The Labute approximate surface area is 155 Å². The fourth-order valence-corrected chi connectivity index (χ4v) is 2.73. The van der Waals surface area contributed by atoms with Gasteiger partial charge in [0.2, 0.25) is 5.91 Å². The molecule has 1 heterocycles. The first-order chi connectivity index (χ1) is 12.0. The van der Waals surface area contributed by atoms with E-state index >= 15 is 0 Å². The lowest BCUT2D eigenvalue weighted by Crippen LogP contribution is -2.14. The fourth-order valence-electron chi connectivity index (χ4n) is 2.39. The molecular formula is C19H15Cl2NO3. The van der Waals surface area contributed by atoms with Gasteiger partial charge >= 0.3 is 0 Å². The SMILES string of the molecule is O=C(Cc1ccc(Cl)cc1)Nc1ccc(Cl)c(-c2ccc(CO)o2)c1. The van der Waals surface area contributed by atoms with Gasteiger partial charge in [-0.2, -0.15) is 0 Å². The molecule has 2 aromatic carbocycles. The maximum atomic E-state index is 12.2. The van der Waals surface area contributed by atoms with Gasteiger partial charge in [0.05, 0.1) is 11.4 Å². The predicted molar refractivity (Wildman–Crippen MR) is 98.9 cm³/mol. The predicted octanol–water partition coefficient (Wildman–Crippen LogP) is 4.93. The molecule has 0 aliphatic heterocycles. The molecule has 0 saturated carbocycles.